The summed E-state index contributed by atoms with van der Waals surface area (Å²) in [6, 6.07) is 15.2. The summed E-state index contributed by atoms with van der Waals surface area (Å²) in [5.41, 5.74) is 0.852. The Bertz CT molecular complexity index is 1650. The summed E-state index contributed by atoms with van der Waals surface area (Å²) < 4.78 is 7.96. The Morgan fingerprint density at radius 3 is 2.64 bits per heavy atom. The summed E-state index contributed by atoms with van der Waals surface area (Å²) in [4.78, 5) is 29.8. The number of benzene rings is 3. The van der Waals surface area contributed by atoms with Crippen molar-refractivity contribution in [2.24, 2.45) is 5.10 Å². The maximum atomic E-state index is 13.6. The van der Waals surface area contributed by atoms with E-state index in [-0.39, 0.29) is 40.1 Å². The molecule has 0 radical (unpaired) electrons. The number of nitro benzene ring substituents is 1. The molecule has 0 unspecified atom stereocenters. The summed E-state index contributed by atoms with van der Waals surface area (Å²) in [6.07, 6.45) is 6.40. The fourth-order valence-electron chi connectivity index (χ4n) is 4.78. The predicted octanol–water partition coefficient (Wildman–Crippen LogP) is 7.88. The molecule has 0 amide bonds. The van der Waals surface area contributed by atoms with Crippen molar-refractivity contribution in [2.75, 3.05) is 0 Å². The Labute approximate surface area is 242 Å². The second-order valence-corrected chi connectivity index (χ2v) is 11.1. The maximum absolute atomic E-state index is 13.6. The van der Waals surface area contributed by atoms with Crippen LogP contribution in [0.4, 0.5) is 5.69 Å². The van der Waals surface area contributed by atoms with E-state index in [0.717, 1.165) is 36.6 Å². The molecule has 0 N–H and O–H groups in total. The quantitative estimate of drug-likeness (QED) is 0.118. The van der Waals surface area contributed by atoms with Crippen molar-refractivity contribution < 1.29 is 9.66 Å². The summed E-state index contributed by atoms with van der Waals surface area (Å²) in [7, 11) is 0. The van der Waals surface area contributed by atoms with Crippen molar-refractivity contribution in [3.63, 3.8) is 0 Å². The van der Waals surface area contributed by atoms with Crippen molar-refractivity contribution in [3.05, 3.63) is 107 Å². The van der Waals surface area contributed by atoms with Gasteiger partial charge in [-0.25, -0.2) is 4.98 Å². The van der Waals surface area contributed by atoms with Crippen LogP contribution in [0.1, 0.15) is 55.0 Å². The van der Waals surface area contributed by atoms with Crippen molar-refractivity contribution in [2.45, 2.75) is 44.6 Å². The van der Waals surface area contributed by atoms with Crippen molar-refractivity contribution in [1.82, 2.24) is 9.66 Å². The predicted molar refractivity (Wildman–Crippen MR) is 156 cm³/mol. The number of halogens is 3. The van der Waals surface area contributed by atoms with Crippen LogP contribution >= 0.6 is 39.1 Å². The van der Waals surface area contributed by atoms with Gasteiger partial charge in [0.15, 0.2) is 0 Å². The molecule has 0 spiro atoms. The number of fused-ring (bicyclic) bond motifs is 1. The van der Waals surface area contributed by atoms with Crippen LogP contribution in [0.5, 0.6) is 5.75 Å². The molecular weight excluding hydrogens is 607 g/mol. The molecule has 0 atom stereocenters. The van der Waals surface area contributed by atoms with Crippen LogP contribution in [0.2, 0.25) is 10.0 Å². The molecule has 1 aliphatic carbocycles. The van der Waals surface area contributed by atoms with Crippen molar-refractivity contribution in [3.8, 4) is 5.75 Å². The smallest absolute Gasteiger partial charge is 0.313 e. The third kappa shape index (κ3) is 6.00. The van der Waals surface area contributed by atoms with Crippen LogP contribution < -0.4 is 10.3 Å². The number of rotatable bonds is 7. The third-order valence-corrected chi connectivity index (χ3v) is 7.79. The van der Waals surface area contributed by atoms with Gasteiger partial charge in [0.1, 0.15) is 12.4 Å². The molecule has 0 bridgehead atoms. The first-order valence-corrected chi connectivity index (χ1v) is 14.0. The van der Waals surface area contributed by atoms with Gasteiger partial charge in [-0.3, -0.25) is 14.9 Å². The summed E-state index contributed by atoms with van der Waals surface area (Å²) in [5.74, 6) is 0.610. The van der Waals surface area contributed by atoms with E-state index in [2.05, 4.69) is 21.0 Å². The number of nitro groups is 1. The highest BCUT2D eigenvalue weighted by Crippen LogP contribution is 2.35. The number of hydrogen-bond acceptors (Lipinski definition) is 6. The number of hydrogen-bond donors (Lipinski definition) is 0. The van der Waals surface area contributed by atoms with Gasteiger partial charge in [-0.05, 0) is 43.2 Å². The minimum atomic E-state index is -0.570. The van der Waals surface area contributed by atoms with E-state index in [0.29, 0.717) is 27.3 Å². The number of ether oxygens (including phenoxy) is 1. The lowest BCUT2D eigenvalue weighted by atomic mass is 9.88. The second-order valence-electron chi connectivity index (χ2n) is 9.31. The normalized spacial score (nSPS) is 14.2. The minimum Gasteiger partial charge on any atom is -0.481 e. The molecule has 1 heterocycles. The molecule has 200 valence electrons. The highest BCUT2D eigenvalue weighted by atomic mass is 79.9. The highest BCUT2D eigenvalue weighted by Gasteiger charge is 2.24. The second kappa shape index (κ2) is 11.9. The Hall–Kier alpha value is -3.27. The van der Waals surface area contributed by atoms with Gasteiger partial charge < -0.3 is 4.74 Å². The van der Waals surface area contributed by atoms with Gasteiger partial charge >= 0.3 is 5.69 Å². The Kier molecular flexibility index (Phi) is 8.30. The fourth-order valence-corrected chi connectivity index (χ4v) is 5.55. The van der Waals surface area contributed by atoms with E-state index in [1.807, 2.05) is 12.1 Å². The van der Waals surface area contributed by atoms with Gasteiger partial charge in [0.2, 0.25) is 5.75 Å². The molecule has 1 aromatic heterocycles. The monoisotopic (exact) mass is 628 g/mol. The van der Waals surface area contributed by atoms with Crippen LogP contribution in [-0.2, 0) is 6.61 Å². The Morgan fingerprint density at radius 2 is 1.90 bits per heavy atom. The molecule has 11 heteroatoms. The lowest BCUT2D eigenvalue weighted by Gasteiger charge is -2.22. The first-order chi connectivity index (χ1) is 18.8. The largest absolute Gasteiger partial charge is 0.481 e. The summed E-state index contributed by atoms with van der Waals surface area (Å²) >= 11 is 15.9. The molecule has 39 heavy (non-hydrogen) atoms. The lowest BCUT2D eigenvalue weighted by Crippen LogP contribution is -2.25. The average Bonchev–Trinajstić information content (AvgIpc) is 2.93. The summed E-state index contributed by atoms with van der Waals surface area (Å²) in [6.45, 7) is -0.0121. The van der Waals surface area contributed by atoms with Gasteiger partial charge in [-0.15, -0.1) is 0 Å². The standard InChI is InChI=1S/C28H23BrCl2N4O4/c29-20-10-11-24-22(13-20)28(36)34(27(33-24)17-6-2-1-3-7-17)32-15-19-12-21(30)14-25(35(37)38)26(19)39-16-18-8-4-5-9-23(18)31/h4-5,8-15,17H,1-3,6-7,16H2. The number of aromatic nitrogens is 2. The van der Waals surface area contributed by atoms with E-state index >= 15 is 0 Å². The van der Waals surface area contributed by atoms with Gasteiger partial charge in [-0.1, -0.05) is 76.6 Å². The third-order valence-electron chi connectivity index (χ3n) is 6.71. The van der Waals surface area contributed by atoms with Gasteiger partial charge in [0.25, 0.3) is 5.56 Å². The molecule has 8 nitrogen and oxygen atoms in total. The van der Waals surface area contributed by atoms with Gasteiger partial charge in [0.05, 0.1) is 22.0 Å². The molecule has 1 fully saturated rings. The van der Waals surface area contributed by atoms with Crippen LogP contribution in [0.15, 0.2) is 69.0 Å². The fraction of sp³-hybridized carbons (Fsp3) is 0.250. The van der Waals surface area contributed by atoms with Crippen LogP contribution in [-0.4, -0.2) is 20.8 Å². The van der Waals surface area contributed by atoms with E-state index in [4.69, 9.17) is 32.9 Å². The SMILES string of the molecule is O=c1c2cc(Br)ccc2nc(C2CCCCC2)n1N=Cc1cc(Cl)cc([N+](=O)[O-])c1OCc1ccccc1Cl. The van der Waals surface area contributed by atoms with E-state index in [1.165, 1.54) is 23.0 Å². The van der Waals surface area contributed by atoms with Crippen LogP contribution in [0.3, 0.4) is 0 Å². The van der Waals surface area contributed by atoms with Crippen LogP contribution in [0.25, 0.3) is 10.9 Å². The van der Waals surface area contributed by atoms with Gasteiger partial charge in [0, 0.05) is 37.6 Å². The molecule has 1 aliphatic rings. The Balaban J connectivity index is 1.62. The lowest BCUT2D eigenvalue weighted by molar-refractivity contribution is -0.385. The first-order valence-electron chi connectivity index (χ1n) is 12.4. The molecule has 1 saturated carbocycles. The first kappa shape index (κ1) is 27.3. The van der Waals surface area contributed by atoms with E-state index in [9.17, 15) is 14.9 Å². The van der Waals surface area contributed by atoms with Gasteiger partial charge in [-0.2, -0.15) is 9.78 Å². The maximum Gasteiger partial charge on any atom is 0.313 e. The average molecular weight is 630 g/mol. The summed E-state index contributed by atoms with van der Waals surface area (Å²) in [5, 5.41) is 17.4. The number of nitrogens with zero attached hydrogens (tertiary/aromatic N) is 4. The van der Waals surface area contributed by atoms with E-state index < -0.39 is 4.92 Å². The molecule has 3 aromatic carbocycles. The molecular formula is C28H23BrCl2N4O4. The topological polar surface area (TPSA) is 99.6 Å². The van der Waals surface area contributed by atoms with Crippen molar-refractivity contribution in [1.29, 1.82) is 0 Å². The molecule has 4 aromatic rings. The highest BCUT2D eigenvalue weighted by molar-refractivity contribution is 9.10. The molecule has 5 rings (SSSR count). The van der Waals surface area contributed by atoms with Crippen molar-refractivity contribution >= 4 is 61.9 Å². The Morgan fingerprint density at radius 1 is 1.13 bits per heavy atom. The zero-order valence-corrected chi connectivity index (χ0v) is 23.7. The van der Waals surface area contributed by atoms with E-state index in [1.54, 1.807) is 30.3 Å². The minimum absolute atomic E-state index is 0.0121. The zero-order valence-electron chi connectivity index (χ0n) is 20.6. The molecule has 0 aliphatic heterocycles. The zero-order chi connectivity index (χ0) is 27.5. The van der Waals surface area contributed by atoms with Crippen LogP contribution in [0, 0.1) is 10.1 Å². The molecule has 0 saturated heterocycles.